The minimum atomic E-state index is -3.31. The molecule has 10 heteroatoms. The molecule has 3 rings (SSSR count). The normalized spacial score (nSPS) is 18.9. The number of carbonyl (C=O) groups excluding carboxylic acids is 1. The van der Waals surface area contributed by atoms with Crippen molar-refractivity contribution in [2.24, 2.45) is 0 Å². The lowest BCUT2D eigenvalue weighted by Crippen LogP contribution is -2.55. The first kappa shape index (κ1) is 18.8. The number of benzene rings is 1. The quantitative estimate of drug-likeness (QED) is 0.853. The monoisotopic (exact) mass is 400 g/mol. The van der Waals surface area contributed by atoms with Gasteiger partial charge < -0.3 is 4.90 Å². The molecule has 1 fully saturated rings. The summed E-state index contributed by atoms with van der Waals surface area (Å²) >= 11 is 5.82. The predicted molar refractivity (Wildman–Crippen MR) is 95.9 cm³/mol. The van der Waals surface area contributed by atoms with Crippen LogP contribution in [0.3, 0.4) is 0 Å². The topological polar surface area (TPSA) is 86.4 Å². The molecule has 1 amide bonds. The van der Waals surface area contributed by atoms with Crippen molar-refractivity contribution in [2.75, 3.05) is 25.9 Å². The third-order valence-corrected chi connectivity index (χ3v) is 6.04. The summed E-state index contributed by atoms with van der Waals surface area (Å²) in [5.41, 5.74) is 1.31. The fourth-order valence-corrected chi connectivity index (χ4v) is 4.42. The Labute approximate surface area is 155 Å². The van der Waals surface area contributed by atoms with Crippen LogP contribution in [0.25, 0.3) is 11.3 Å². The minimum absolute atomic E-state index is 0.0501. The van der Waals surface area contributed by atoms with Gasteiger partial charge in [-0.2, -0.15) is 9.40 Å². The zero-order valence-corrected chi connectivity index (χ0v) is 15.8. The molecular formula is C16H18ClFN4O3S. The fourth-order valence-electron chi connectivity index (χ4n) is 3.11. The molecule has 1 aromatic heterocycles. The highest BCUT2D eigenvalue weighted by molar-refractivity contribution is 7.88. The molecule has 0 aliphatic carbocycles. The number of rotatable bonds is 3. The Morgan fingerprint density at radius 2 is 2.12 bits per heavy atom. The van der Waals surface area contributed by atoms with E-state index < -0.39 is 15.8 Å². The zero-order valence-electron chi connectivity index (χ0n) is 14.2. The average Bonchev–Trinajstić information content (AvgIpc) is 3.05. The zero-order chi connectivity index (χ0) is 19.1. The first-order valence-corrected chi connectivity index (χ1v) is 10.2. The van der Waals surface area contributed by atoms with E-state index >= 15 is 0 Å². The molecule has 1 N–H and O–H groups in total. The number of hydrogen-bond acceptors (Lipinski definition) is 4. The predicted octanol–water partition coefficient (Wildman–Crippen LogP) is 1.98. The lowest BCUT2D eigenvalue weighted by atomic mass is 10.1. The van der Waals surface area contributed by atoms with E-state index in [9.17, 15) is 17.6 Å². The van der Waals surface area contributed by atoms with E-state index in [1.165, 1.54) is 28.7 Å². The van der Waals surface area contributed by atoms with E-state index in [0.717, 1.165) is 6.26 Å². The smallest absolute Gasteiger partial charge is 0.257 e. The second kappa shape index (κ2) is 6.98. The molecule has 0 bridgehead atoms. The molecule has 1 saturated heterocycles. The molecule has 2 aromatic rings. The lowest BCUT2D eigenvalue weighted by Gasteiger charge is -2.38. The molecule has 1 atom stereocenters. The number of halogens is 2. The van der Waals surface area contributed by atoms with Gasteiger partial charge in [-0.1, -0.05) is 11.6 Å². The highest BCUT2D eigenvalue weighted by Gasteiger charge is 2.33. The summed E-state index contributed by atoms with van der Waals surface area (Å²) in [6.45, 7) is 2.56. The van der Waals surface area contributed by atoms with Crippen LogP contribution in [0.2, 0.25) is 5.02 Å². The van der Waals surface area contributed by atoms with E-state index in [2.05, 4.69) is 10.2 Å². The van der Waals surface area contributed by atoms with Crippen LogP contribution in [0.5, 0.6) is 0 Å². The first-order valence-electron chi connectivity index (χ1n) is 7.93. The summed E-state index contributed by atoms with van der Waals surface area (Å²) in [7, 11) is -3.31. The first-order chi connectivity index (χ1) is 12.2. The molecule has 0 radical (unpaired) electrons. The number of aromatic amines is 1. The Kier molecular flexibility index (Phi) is 5.05. The number of hydrogen-bond donors (Lipinski definition) is 1. The van der Waals surface area contributed by atoms with Gasteiger partial charge in [-0.05, 0) is 25.1 Å². The molecule has 0 unspecified atom stereocenters. The van der Waals surface area contributed by atoms with Crippen molar-refractivity contribution < 1.29 is 17.6 Å². The second-order valence-electron chi connectivity index (χ2n) is 6.26. The van der Waals surface area contributed by atoms with Crippen LogP contribution in [0.4, 0.5) is 4.39 Å². The van der Waals surface area contributed by atoms with E-state index in [4.69, 9.17) is 11.6 Å². The third kappa shape index (κ3) is 3.60. The molecule has 0 spiro atoms. The SMILES string of the molecule is C[C@H]1CN(C(=O)c2cn[nH]c2-c2ccc(F)c(Cl)c2)CCN1S(C)(=O)=O. The van der Waals surface area contributed by atoms with Crippen molar-refractivity contribution in [3.63, 3.8) is 0 Å². The molecule has 140 valence electrons. The summed E-state index contributed by atoms with van der Waals surface area (Å²) in [6.07, 6.45) is 2.57. The van der Waals surface area contributed by atoms with Crippen LogP contribution < -0.4 is 0 Å². The van der Waals surface area contributed by atoms with Gasteiger partial charge in [0.25, 0.3) is 5.91 Å². The molecule has 2 heterocycles. The van der Waals surface area contributed by atoms with Crippen molar-refractivity contribution in [3.05, 3.63) is 40.8 Å². The maximum absolute atomic E-state index is 13.4. The Balaban J connectivity index is 1.84. The fraction of sp³-hybridized carbons (Fsp3) is 0.375. The standard InChI is InChI=1S/C16H18ClFN4O3S/c1-10-9-21(5-6-22(10)26(2,24)25)16(23)12-8-19-20-15(12)11-3-4-14(18)13(17)7-11/h3-4,7-8,10H,5-6,9H2,1-2H3,(H,19,20)/t10-/m0/s1. The summed E-state index contributed by atoms with van der Waals surface area (Å²) in [5, 5.41) is 6.62. The Morgan fingerprint density at radius 1 is 1.38 bits per heavy atom. The Bertz CT molecular complexity index is 947. The molecule has 7 nitrogen and oxygen atoms in total. The van der Waals surface area contributed by atoms with Gasteiger partial charge in [0.2, 0.25) is 10.0 Å². The van der Waals surface area contributed by atoms with Crippen LogP contribution in [-0.2, 0) is 10.0 Å². The van der Waals surface area contributed by atoms with Gasteiger partial charge in [-0.3, -0.25) is 9.89 Å². The number of H-pyrrole nitrogens is 1. The van der Waals surface area contributed by atoms with Crippen LogP contribution in [0, 0.1) is 5.82 Å². The van der Waals surface area contributed by atoms with Crippen LogP contribution in [0.15, 0.2) is 24.4 Å². The van der Waals surface area contributed by atoms with Crippen LogP contribution in [-0.4, -0.2) is 65.7 Å². The highest BCUT2D eigenvalue weighted by Crippen LogP contribution is 2.27. The third-order valence-electron chi connectivity index (χ3n) is 4.36. The summed E-state index contributed by atoms with van der Waals surface area (Å²) in [6, 6.07) is 3.83. The minimum Gasteiger partial charge on any atom is -0.336 e. The van der Waals surface area contributed by atoms with Gasteiger partial charge in [0, 0.05) is 31.2 Å². The maximum atomic E-state index is 13.4. The van der Waals surface area contributed by atoms with E-state index in [1.807, 2.05) is 0 Å². The number of nitrogens with one attached hydrogen (secondary N) is 1. The van der Waals surface area contributed by atoms with Crippen LogP contribution >= 0.6 is 11.6 Å². The van der Waals surface area contributed by atoms with Crippen molar-refractivity contribution in [1.29, 1.82) is 0 Å². The van der Waals surface area contributed by atoms with Crippen molar-refractivity contribution in [2.45, 2.75) is 13.0 Å². The summed E-state index contributed by atoms with van der Waals surface area (Å²) < 4.78 is 38.3. The Hall–Kier alpha value is -1.97. The molecule has 1 aliphatic rings. The molecule has 0 saturated carbocycles. The maximum Gasteiger partial charge on any atom is 0.257 e. The van der Waals surface area contributed by atoms with Crippen molar-refractivity contribution >= 4 is 27.5 Å². The molecular weight excluding hydrogens is 383 g/mol. The molecule has 26 heavy (non-hydrogen) atoms. The van der Waals surface area contributed by atoms with Gasteiger partial charge in [0.1, 0.15) is 5.82 Å². The van der Waals surface area contributed by atoms with Gasteiger partial charge in [-0.15, -0.1) is 0 Å². The van der Waals surface area contributed by atoms with E-state index in [1.54, 1.807) is 11.8 Å². The lowest BCUT2D eigenvalue weighted by molar-refractivity contribution is 0.0643. The van der Waals surface area contributed by atoms with Gasteiger partial charge in [0.05, 0.1) is 28.7 Å². The van der Waals surface area contributed by atoms with Crippen molar-refractivity contribution in [3.8, 4) is 11.3 Å². The van der Waals surface area contributed by atoms with Crippen molar-refractivity contribution in [1.82, 2.24) is 19.4 Å². The highest BCUT2D eigenvalue weighted by atomic mass is 35.5. The largest absolute Gasteiger partial charge is 0.336 e. The van der Waals surface area contributed by atoms with E-state index in [0.29, 0.717) is 16.8 Å². The number of amides is 1. The molecule has 1 aliphatic heterocycles. The van der Waals surface area contributed by atoms with Crippen LogP contribution in [0.1, 0.15) is 17.3 Å². The summed E-state index contributed by atoms with van der Waals surface area (Å²) in [4.78, 5) is 14.5. The molecule has 1 aromatic carbocycles. The number of piperazine rings is 1. The van der Waals surface area contributed by atoms with E-state index in [-0.39, 0.29) is 36.6 Å². The summed E-state index contributed by atoms with van der Waals surface area (Å²) in [5.74, 6) is -0.817. The number of aromatic nitrogens is 2. The Morgan fingerprint density at radius 3 is 2.73 bits per heavy atom. The average molecular weight is 401 g/mol. The van der Waals surface area contributed by atoms with Gasteiger partial charge >= 0.3 is 0 Å². The van der Waals surface area contributed by atoms with Gasteiger partial charge in [0.15, 0.2) is 0 Å². The van der Waals surface area contributed by atoms with Gasteiger partial charge in [-0.25, -0.2) is 12.8 Å². The number of sulfonamides is 1. The number of nitrogens with zero attached hydrogens (tertiary/aromatic N) is 3. The second-order valence-corrected chi connectivity index (χ2v) is 8.60. The number of carbonyl (C=O) groups is 1.